The van der Waals surface area contributed by atoms with E-state index in [0.717, 1.165) is 0 Å². The van der Waals surface area contributed by atoms with Crippen molar-refractivity contribution in [3.63, 3.8) is 0 Å². The van der Waals surface area contributed by atoms with Crippen LogP contribution in [0.25, 0.3) is 0 Å². The molecule has 0 spiro atoms. The largest absolute Gasteiger partial charge is 0.444 e. The van der Waals surface area contributed by atoms with Gasteiger partial charge in [0.25, 0.3) is 0 Å². The number of ketones is 1. The van der Waals surface area contributed by atoms with Gasteiger partial charge in [-0.05, 0) is 20.8 Å². The van der Waals surface area contributed by atoms with Gasteiger partial charge in [-0.3, -0.25) is 9.69 Å². The molecule has 1 fully saturated rings. The highest BCUT2D eigenvalue weighted by atomic mass is 16.6. The number of carbonyl (C=O) groups is 2. The SMILES string of the molecule is CC(C)(C)OC(=O)N1[C@@H]2C=C[C@H]1CC2=O. The molecule has 15 heavy (non-hydrogen) atoms. The van der Waals surface area contributed by atoms with Crippen LogP contribution in [0, 0.1) is 0 Å². The molecule has 0 aromatic carbocycles. The molecular formula is C11H15NO3. The smallest absolute Gasteiger partial charge is 0.411 e. The molecule has 82 valence electrons. The molecule has 0 aromatic rings. The van der Waals surface area contributed by atoms with Crippen molar-refractivity contribution < 1.29 is 14.3 Å². The molecule has 2 aliphatic heterocycles. The highest BCUT2D eigenvalue weighted by Gasteiger charge is 2.45. The Morgan fingerprint density at radius 1 is 1.47 bits per heavy atom. The van der Waals surface area contributed by atoms with Gasteiger partial charge in [-0.2, -0.15) is 0 Å². The van der Waals surface area contributed by atoms with E-state index < -0.39 is 11.7 Å². The van der Waals surface area contributed by atoms with Crippen LogP contribution >= 0.6 is 0 Å². The van der Waals surface area contributed by atoms with E-state index in [4.69, 9.17) is 4.74 Å². The first-order valence-electron chi connectivity index (χ1n) is 5.11. The number of hydrogen-bond donors (Lipinski definition) is 0. The number of fused-ring (bicyclic) bond motifs is 2. The van der Waals surface area contributed by atoms with Crippen LogP contribution in [-0.2, 0) is 9.53 Å². The van der Waals surface area contributed by atoms with Gasteiger partial charge in [-0.25, -0.2) is 4.79 Å². The summed E-state index contributed by atoms with van der Waals surface area (Å²) in [5, 5.41) is 0. The zero-order valence-corrected chi connectivity index (χ0v) is 9.19. The highest BCUT2D eigenvalue weighted by Crippen LogP contribution is 2.30. The maximum absolute atomic E-state index is 11.8. The van der Waals surface area contributed by atoms with Crippen LogP contribution in [0.4, 0.5) is 4.79 Å². The molecule has 4 heteroatoms. The average Bonchev–Trinajstić information content (AvgIpc) is 2.55. The van der Waals surface area contributed by atoms with Gasteiger partial charge in [-0.1, -0.05) is 12.2 Å². The van der Waals surface area contributed by atoms with E-state index in [-0.39, 0.29) is 17.9 Å². The number of carbonyl (C=O) groups excluding carboxylic acids is 2. The van der Waals surface area contributed by atoms with Gasteiger partial charge in [0.05, 0.1) is 6.04 Å². The lowest BCUT2D eigenvalue weighted by Gasteiger charge is -2.26. The lowest BCUT2D eigenvalue weighted by Crippen LogP contribution is -2.41. The lowest BCUT2D eigenvalue weighted by molar-refractivity contribution is -0.118. The molecule has 0 aromatic heterocycles. The van der Waals surface area contributed by atoms with Crippen molar-refractivity contribution in [1.82, 2.24) is 4.90 Å². The summed E-state index contributed by atoms with van der Waals surface area (Å²) in [6.45, 7) is 5.45. The molecule has 0 N–H and O–H groups in total. The predicted octanol–water partition coefficient (Wildman–Crippen LogP) is 1.50. The fraction of sp³-hybridized carbons (Fsp3) is 0.636. The van der Waals surface area contributed by atoms with Crippen molar-refractivity contribution in [1.29, 1.82) is 0 Å². The Balaban J connectivity index is 2.08. The minimum absolute atomic E-state index is 0.0858. The van der Waals surface area contributed by atoms with Crippen LogP contribution in [-0.4, -0.2) is 34.5 Å². The second kappa shape index (κ2) is 3.08. The van der Waals surface area contributed by atoms with Crippen LogP contribution < -0.4 is 0 Å². The van der Waals surface area contributed by atoms with E-state index in [1.165, 1.54) is 4.90 Å². The number of Topliss-reactive ketones (excluding diaryl/α,β-unsaturated/α-hetero) is 1. The zero-order chi connectivity index (χ0) is 11.2. The number of ether oxygens (including phenoxy) is 1. The Kier molecular flexibility index (Phi) is 2.10. The van der Waals surface area contributed by atoms with Crippen molar-refractivity contribution in [3.8, 4) is 0 Å². The van der Waals surface area contributed by atoms with Crippen molar-refractivity contribution in [2.75, 3.05) is 0 Å². The van der Waals surface area contributed by atoms with Crippen LogP contribution in [0.2, 0.25) is 0 Å². The summed E-state index contributed by atoms with van der Waals surface area (Å²) < 4.78 is 5.25. The van der Waals surface area contributed by atoms with Gasteiger partial charge in [0.2, 0.25) is 0 Å². The Bertz CT molecular complexity index is 340. The predicted molar refractivity (Wildman–Crippen MR) is 54.4 cm³/mol. The summed E-state index contributed by atoms with van der Waals surface area (Å²) in [6, 6.07) is -0.470. The summed E-state index contributed by atoms with van der Waals surface area (Å²) in [7, 11) is 0. The third-order valence-corrected chi connectivity index (χ3v) is 2.52. The van der Waals surface area contributed by atoms with E-state index in [1.807, 2.05) is 26.8 Å². The maximum atomic E-state index is 11.8. The molecular weight excluding hydrogens is 194 g/mol. The third kappa shape index (κ3) is 1.76. The molecule has 2 heterocycles. The van der Waals surface area contributed by atoms with Crippen molar-refractivity contribution in [3.05, 3.63) is 12.2 Å². The maximum Gasteiger partial charge on any atom is 0.411 e. The minimum Gasteiger partial charge on any atom is -0.444 e. The summed E-state index contributed by atoms with van der Waals surface area (Å²) in [5.74, 6) is 0.105. The van der Waals surface area contributed by atoms with Gasteiger partial charge in [-0.15, -0.1) is 0 Å². The van der Waals surface area contributed by atoms with Crippen LogP contribution in [0.15, 0.2) is 12.2 Å². The molecule has 1 saturated heterocycles. The number of hydrogen-bond acceptors (Lipinski definition) is 3. The van der Waals surface area contributed by atoms with E-state index in [2.05, 4.69) is 0 Å². The van der Waals surface area contributed by atoms with Gasteiger partial charge in [0.1, 0.15) is 11.6 Å². The van der Waals surface area contributed by atoms with E-state index in [9.17, 15) is 9.59 Å². The molecule has 1 amide bonds. The molecule has 0 unspecified atom stereocenters. The highest BCUT2D eigenvalue weighted by molar-refractivity contribution is 5.95. The Hall–Kier alpha value is -1.32. The van der Waals surface area contributed by atoms with Gasteiger partial charge < -0.3 is 4.74 Å². The Morgan fingerprint density at radius 2 is 2.13 bits per heavy atom. The van der Waals surface area contributed by atoms with Crippen molar-refractivity contribution in [2.24, 2.45) is 0 Å². The topological polar surface area (TPSA) is 46.6 Å². The van der Waals surface area contributed by atoms with Crippen molar-refractivity contribution >= 4 is 11.9 Å². The standard InChI is InChI=1S/C11H15NO3/c1-11(2,3)15-10(14)12-7-4-5-8(12)9(13)6-7/h4-5,7-8H,6H2,1-3H3/t7-,8+/m0/s1. The van der Waals surface area contributed by atoms with E-state index in [1.54, 1.807) is 6.08 Å². The first-order chi connectivity index (χ1) is 6.88. The second-order valence-electron chi connectivity index (χ2n) is 4.96. The second-order valence-corrected chi connectivity index (χ2v) is 4.96. The van der Waals surface area contributed by atoms with Gasteiger partial charge in [0, 0.05) is 6.42 Å². The fourth-order valence-electron chi connectivity index (χ4n) is 1.94. The number of rotatable bonds is 0. The van der Waals surface area contributed by atoms with Gasteiger partial charge >= 0.3 is 6.09 Å². The van der Waals surface area contributed by atoms with Crippen LogP contribution in [0.1, 0.15) is 27.2 Å². The van der Waals surface area contributed by atoms with Crippen molar-refractivity contribution in [2.45, 2.75) is 44.9 Å². The molecule has 4 nitrogen and oxygen atoms in total. The summed E-state index contributed by atoms with van der Waals surface area (Å²) in [4.78, 5) is 24.7. The quantitative estimate of drug-likeness (QED) is 0.568. The molecule has 2 rings (SSSR count). The third-order valence-electron chi connectivity index (χ3n) is 2.52. The van der Waals surface area contributed by atoms with Crippen LogP contribution in [0.5, 0.6) is 0 Å². The normalized spacial score (nSPS) is 28.7. The number of amides is 1. The monoisotopic (exact) mass is 209 g/mol. The molecule has 2 bridgehead atoms. The first kappa shape index (κ1) is 10.2. The molecule has 0 radical (unpaired) electrons. The van der Waals surface area contributed by atoms with Crippen LogP contribution in [0.3, 0.4) is 0 Å². The molecule has 0 saturated carbocycles. The first-order valence-corrected chi connectivity index (χ1v) is 5.11. The molecule has 2 atom stereocenters. The molecule has 2 aliphatic rings. The average molecular weight is 209 g/mol. The zero-order valence-electron chi connectivity index (χ0n) is 9.19. The van der Waals surface area contributed by atoms with Gasteiger partial charge in [0.15, 0.2) is 5.78 Å². The number of nitrogens with zero attached hydrogens (tertiary/aromatic N) is 1. The Labute approximate surface area is 88.9 Å². The summed E-state index contributed by atoms with van der Waals surface area (Å²) >= 11 is 0. The lowest BCUT2D eigenvalue weighted by atomic mass is 10.1. The Morgan fingerprint density at radius 3 is 2.53 bits per heavy atom. The van der Waals surface area contributed by atoms with E-state index >= 15 is 0 Å². The molecule has 0 aliphatic carbocycles. The fourth-order valence-corrected chi connectivity index (χ4v) is 1.94. The van der Waals surface area contributed by atoms with E-state index in [0.29, 0.717) is 6.42 Å². The summed E-state index contributed by atoms with van der Waals surface area (Å²) in [6.07, 6.45) is 3.71. The summed E-state index contributed by atoms with van der Waals surface area (Å²) in [5.41, 5.74) is -0.512. The minimum atomic E-state index is -0.512.